The predicted molar refractivity (Wildman–Crippen MR) is 148 cm³/mol. The number of carbonyl (C=O) groups excluding carboxylic acids is 3. The summed E-state index contributed by atoms with van der Waals surface area (Å²) < 4.78 is 26.7. The zero-order valence-electron chi connectivity index (χ0n) is 22.3. The van der Waals surface area contributed by atoms with E-state index in [4.69, 9.17) is 35.3 Å². The van der Waals surface area contributed by atoms with Gasteiger partial charge in [-0.1, -0.05) is 23.7 Å². The fraction of sp³-hybridized carbons (Fsp3) is 0.214. The van der Waals surface area contributed by atoms with Gasteiger partial charge in [0, 0.05) is 13.0 Å². The Labute approximate surface area is 236 Å². The number of amides is 2. The van der Waals surface area contributed by atoms with Crippen LogP contribution in [0.4, 0.5) is 0 Å². The Hall–Kier alpha value is -4.77. The third-order valence-corrected chi connectivity index (χ3v) is 5.78. The molecule has 0 radical (unpaired) electrons. The molecule has 40 heavy (non-hydrogen) atoms. The van der Waals surface area contributed by atoms with Gasteiger partial charge in [-0.2, -0.15) is 5.10 Å². The van der Waals surface area contributed by atoms with E-state index in [1.54, 1.807) is 36.4 Å². The fourth-order valence-corrected chi connectivity index (χ4v) is 3.69. The van der Waals surface area contributed by atoms with Gasteiger partial charge in [0.1, 0.15) is 0 Å². The Kier molecular flexibility index (Phi) is 10.7. The molecule has 0 fully saturated rings. The molecule has 0 saturated carbocycles. The summed E-state index contributed by atoms with van der Waals surface area (Å²) in [5, 5.41) is 6.88. The molecular formula is C28H28ClN3O8. The summed E-state index contributed by atoms with van der Waals surface area (Å²) >= 11 is 6.00. The molecule has 0 heterocycles. The molecular weight excluding hydrogens is 542 g/mol. The molecule has 2 N–H and O–H groups in total. The quantitative estimate of drug-likeness (QED) is 0.145. The molecule has 0 aliphatic carbocycles. The summed E-state index contributed by atoms with van der Waals surface area (Å²) in [5.74, 6) is -0.0760. The van der Waals surface area contributed by atoms with Crippen molar-refractivity contribution in [3.63, 3.8) is 0 Å². The van der Waals surface area contributed by atoms with Crippen LogP contribution in [0.5, 0.6) is 28.7 Å². The van der Waals surface area contributed by atoms with Crippen LogP contribution in [0.15, 0.2) is 59.7 Å². The lowest BCUT2D eigenvalue weighted by atomic mass is 10.1. The standard InChI is InChI=1S/C28H28ClN3O8/c1-36-22-13-17(16-31-32-25(33)11-12-30-27(34)19-7-5-6-8-20(19)29)9-10-21(22)40-28(35)18-14-23(37-2)26(39-4)24(15-18)38-3/h5-10,13-16H,11-12H2,1-4H3,(H,30,34)(H,32,33)/b31-16-. The van der Waals surface area contributed by atoms with E-state index in [0.717, 1.165) is 0 Å². The minimum atomic E-state index is -0.673. The van der Waals surface area contributed by atoms with Gasteiger partial charge in [0.2, 0.25) is 11.7 Å². The van der Waals surface area contributed by atoms with Crippen molar-refractivity contribution in [1.82, 2.24) is 10.7 Å². The first-order valence-electron chi connectivity index (χ1n) is 11.9. The number of rotatable bonds is 12. The summed E-state index contributed by atoms with van der Waals surface area (Å²) in [6.07, 6.45) is 1.40. The number of halogens is 1. The summed E-state index contributed by atoms with van der Waals surface area (Å²) in [6.45, 7) is 0.102. The topological polar surface area (TPSA) is 134 Å². The average molecular weight is 570 g/mol. The minimum Gasteiger partial charge on any atom is -0.493 e. The van der Waals surface area contributed by atoms with Crippen LogP contribution in [0.3, 0.4) is 0 Å². The van der Waals surface area contributed by atoms with Gasteiger partial charge in [-0.05, 0) is 48.0 Å². The van der Waals surface area contributed by atoms with Crippen molar-refractivity contribution in [3.8, 4) is 28.7 Å². The highest BCUT2D eigenvalue weighted by atomic mass is 35.5. The number of benzene rings is 3. The summed E-state index contributed by atoms with van der Waals surface area (Å²) in [7, 11) is 5.77. The second-order valence-electron chi connectivity index (χ2n) is 7.99. The van der Waals surface area contributed by atoms with Gasteiger partial charge < -0.3 is 29.0 Å². The van der Waals surface area contributed by atoms with Gasteiger partial charge in [0.25, 0.3) is 5.91 Å². The Morgan fingerprint density at radius 3 is 2.15 bits per heavy atom. The molecule has 0 aromatic heterocycles. The SMILES string of the molecule is COc1cc(/C=N\NC(=O)CCNC(=O)c2ccccc2Cl)ccc1OC(=O)c1cc(OC)c(OC)c(OC)c1. The molecule has 210 valence electrons. The van der Waals surface area contributed by atoms with Crippen molar-refractivity contribution in [3.05, 3.63) is 76.3 Å². The third-order valence-electron chi connectivity index (χ3n) is 5.45. The van der Waals surface area contributed by atoms with E-state index < -0.39 is 11.9 Å². The Morgan fingerprint density at radius 2 is 1.52 bits per heavy atom. The predicted octanol–water partition coefficient (Wildman–Crippen LogP) is 3.86. The molecule has 0 aliphatic heterocycles. The molecule has 0 bridgehead atoms. The van der Waals surface area contributed by atoms with Crippen LogP contribution in [0.25, 0.3) is 0 Å². The lowest BCUT2D eigenvalue weighted by molar-refractivity contribution is -0.120. The van der Waals surface area contributed by atoms with Crippen LogP contribution in [-0.2, 0) is 4.79 Å². The highest BCUT2D eigenvalue weighted by Crippen LogP contribution is 2.38. The fourth-order valence-electron chi connectivity index (χ4n) is 3.47. The number of hydrazone groups is 1. The van der Waals surface area contributed by atoms with Crippen LogP contribution < -0.4 is 34.4 Å². The van der Waals surface area contributed by atoms with Crippen molar-refractivity contribution in [1.29, 1.82) is 0 Å². The number of nitrogens with one attached hydrogen (secondary N) is 2. The molecule has 0 aliphatic rings. The molecule has 2 amide bonds. The van der Waals surface area contributed by atoms with E-state index in [0.29, 0.717) is 33.4 Å². The Bertz CT molecular complexity index is 1390. The zero-order valence-corrected chi connectivity index (χ0v) is 23.0. The van der Waals surface area contributed by atoms with E-state index in [-0.39, 0.29) is 35.9 Å². The van der Waals surface area contributed by atoms with Gasteiger partial charge in [0.15, 0.2) is 23.0 Å². The van der Waals surface area contributed by atoms with Crippen molar-refractivity contribution < 1.29 is 38.1 Å². The number of hydrogen-bond acceptors (Lipinski definition) is 9. The molecule has 3 aromatic carbocycles. The Balaban J connectivity index is 1.57. The maximum absolute atomic E-state index is 12.8. The largest absolute Gasteiger partial charge is 0.493 e. The third kappa shape index (κ3) is 7.64. The van der Waals surface area contributed by atoms with Crippen molar-refractivity contribution in [2.75, 3.05) is 35.0 Å². The number of esters is 1. The normalized spacial score (nSPS) is 10.5. The molecule has 0 spiro atoms. The van der Waals surface area contributed by atoms with Gasteiger partial charge in [-0.3, -0.25) is 9.59 Å². The number of carbonyl (C=O) groups is 3. The van der Waals surface area contributed by atoms with E-state index in [1.807, 2.05) is 0 Å². The van der Waals surface area contributed by atoms with Crippen LogP contribution in [-0.4, -0.2) is 59.0 Å². The van der Waals surface area contributed by atoms with Crippen LogP contribution in [0.1, 0.15) is 32.7 Å². The number of hydrogen-bond donors (Lipinski definition) is 2. The maximum atomic E-state index is 12.8. The minimum absolute atomic E-state index is 0.00662. The summed E-state index contributed by atoms with van der Waals surface area (Å²) in [6, 6.07) is 14.3. The monoisotopic (exact) mass is 569 g/mol. The molecule has 0 unspecified atom stereocenters. The molecule has 3 rings (SSSR count). The summed E-state index contributed by atoms with van der Waals surface area (Å²) in [5.41, 5.74) is 3.45. The smallest absolute Gasteiger partial charge is 0.343 e. The summed E-state index contributed by atoms with van der Waals surface area (Å²) in [4.78, 5) is 37.1. The first kappa shape index (κ1) is 29.8. The highest BCUT2D eigenvalue weighted by molar-refractivity contribution is 6.33. The van der Waals surface area contributed by atoms with Gasteiger partial charge in [-0.25, -0.2) is 10.2 Å². The molecule has 0 atom stereocenters. The van der Waals surface area contributed by atoms with Gasteiger partial charge >= 0.3 is 5.97 Å². The highest BCUT2D eigenvalue weighted by Gasteiger charge is 2.19. The van der Waals surface area contributed by atoms with E-state index >= 15 is 0 Å². The van der Waals surface area contributed by atoms with Crippen LogP contribution in [0, 0.1) is 0 Å². The van der Waals surface area contributed by atoms with E-state index in [9.17, 15) is 14.4 Å². The van der Waals surface area contributed by atoms with Crippen LogP contribution >= 0.6 is 11.6 Å². The van der Waals surface area contributed by atoms with Gasteiger partial charge in [-0.15, -0.1) is 0 Å². The Morgan fingerprint density at radius 1 is 0.850 bits per heavy atom. The second-order valence-corrected chi connectivity index (χ2v) is 8.40. The lowest BCUT2D eigenvalue weighted by Gasteiger charge is -2.14. The van der Waals surface area contributed by atoms with Gasteiger partial charge in [0.05, 0.1) is 50.8 Å². The van der Waals surface area contributed by atoms with Crippen molar-refractivity contribution in [2.24, 2.45) is 5.10 Å². The number of nitrogens with zero attached hydrogens (tertiary/aromatic N) is 1. The van der Waals surface area contributed by atoms with Crippen molar-refractivity contribution in [2.45, 2.75) is 6.42 Å². The zero-order chi connectivity index (χ0) is 29.1. The number of methoxy groups -OCH3 is 4. The first-order chi connectivity index (χ1) is 19.3. The average Bonchev–Trinajstić information content (AvgIpc) is 2.96. The lowest BCUT2D eigenvalue weighted by Crippen LogP contribution is -2.29. The first-order valence-corrected chi connectivity index (χ1v) is 12.2. The number of ether oxygens (including phenoxy) is 5. The van der Waals surface area contributed by atoms with Crippen LogP contribution in [0.2, 0.25) is 5.02 Å². The van der Waals surface area contributed by atoms with E-state index in [2.05, 4.69) is 15.8 Å². The van der Waals surface area contributed by atoms with Crippen molar-refractivity contribution >= 4 is 35.6 Å². The molecule has 12 heteroatoms. The molecule has 11 nitrogen and oxygen atoms in total. The molecule has 0 saturated heterocycles. The maximum Gasteiger partial charge on any atom is 0.343 e. The molecule has 3 aromatic rings. The second kappa shape index (κ2) is 14.4. The van der Waals surface area contributed by atoms with E-state index in [1.165, 1.54) is 52.9 Å².